The molecule has 1 heterocycles. The number of nitrogens with zero attached hydrogens (tertiary/aromatic N) is 1. The van der Waals surface area contributed by atoms with E-state index in [1.165, 1.54) is 6.92 Å². The zero-order valence-corrected chi connectivity index (χ0v) is 17.8. The first-order chi connectivity index (χ1) is 14.9. The SMILES string of the molecule is CC(=O)Nc1ccc(NC(=O)c2cc(-c3ccccc3C)nc3ccc(Cl)cc23)cc1. The number of carbonyl (C=O) groups is 2. The van der Waals surface area contributed by atoms with E-state index >= 15 is 0 Å². The van der Waals surface area contributed by atoms with Crippen LogP contribution in [0.5, 0.6) is 0 Å². The molecule has 2 N–H and O–H groups in total. The monoisotopic (exact) mass is 429 g/mol. The van der Waals surface area contributed by atoms with Gasteiger partial charge in [0.05, 0.1) is 16.8 Å². The molecule has 1 aromatic heterocycles. The van der Waals surface area contributed by atoms with Crippen molar-refractivity contribution < 1.29 is 9.59 Å². The second kappa shape index (κ2) is 8.58. The summed E-state index contributed by atoms with van der Waals surface area (Å²) in [6.45, 7) is 3.46. The van der Waals surface area contributed by atoms with Crippen LogP contribution in [0.3, 0.4) is 0 Å². The summed E-state index contributed by atoms with van der Waals surface area (Å²) in [7, 11) is 0. The molecular weight excluding hydrogens is 410 g/mol. The Morgan fingerprint density at radius 2 is 1.55 bits per heavy atom. The lowest BCUT2D eigenvalue weighted by atomic mass is 10.0. The standard InChI is InChI=1S/C25H20ClN3O2/c1-15-5-3-4-6-20(15)24-14-22(21-13-17(26)7-12-23(21)29-24)25(31)28-19-10-8-18(9-11-19)27-16(2)30/h3-14H,1-2H3,(H,27,30)(H,28,31). The van der Waals surface area contributed by atoms with E-state index in [2.05, 4.69) is 10.6 Å². The molecule has 0 bridgehead atoms. The Morgan fingerprint density at radius 1 is 0.871 bits per heavy atom. The molecule has 0 unspecified atom stereocenters. The Bertz CT molecular complexity index is 1300. The number of carbonyl (C=O) groups excluding carboxylic acids is 2. The summed E-state index contributed by atoms with van der Waals surface area (Å²) >= 11 is 6.20. The van der Waals surface area contributed by atoms with Gasteiger partial charge >= 0.3 is 0 Å². The van der Waals surface area contributed by atoms with Crippen LogP contribution in [0.4, 0.5) is 11.4 Å². The minimum atomic E-state index is -0.267. The average Bonchev–Trinajstić information content (AvgIpc) is 2.74. The van der Waals surface area contributed by atoms with Gasteiger partial charge < -0.3 is 10.6 Å². The molecule has 0 spiro atoms. The van der Waals surface area contributed by atoms with Crippen LogP contribution in [-0.2, 0) is 4.79 Å². The topological polar surface area (TPSA) is 71.1 Å². The Kier molecular flexibility index (Phi) is 5.69. The normalized spacial score (nSPS) is 10.7. The zero-order valence-electron chi connectivity index (χ0n) is 17.1. The third-order valence-corrected chi connectivity index (χ3v) is 5.13. The Balaban J connectivity index is 1.74. The first-order valence-electron chi connectivity index (χ1n) is 9.76. The van der Waals surface area contributed by atoms with Crippen LogP contribution in [0.2, 0.25) is 5.02 Å². The molecule has 0 saturated carbocycles. The largest absolute Gasteiger partial charge is 0.326 e. The zero-order chi connectivity index (χ0) is 22.0. The molecule has 31 heavy (non-hydrogen) atoms. The van der Waals surface area contributed by atoms with E-state index < -0.39 is 0 Å². The number of aromatic nitrogens is 1. The number of pyridine rings is 1. The molecule has 0 fully saturated rings. The lowest BCUT2D eigenvalue weighted by Crippen LogP contribution is -2.13. The van der Waals surface area contributed by atoms with Crippen LogP contribution in [0.1, 0.15) is 22.8 Å². The quantitative estimate of drug-likeness (QED) is 0.413. The van der Waals surface area contributed by atoms with Gasteiger partial charge in [-0.2, -0.15) is 0 Å². The number of hydrogen-bond donors (Lipinski definition) is 2. The summed E-state index contributed by atoms with van der Waals surface area (Å²) in [5.74, 6) is -0.419. The summed E-state index contributed by atoms with van der Waals surface area (Å²) in [5, 5.41) is 6.84. The highest BCUT2D eigenvalue weighted by Gasteiger charge is 2.16. The van der Waals surface area contributed by atoms with Crippen molar-refractivity contribution in [1.82, 2.24) is 4.98 Å². The molecule has 0 aliphatic heterocycles. The molecule has 4 aromatic rings. The van der Waals surface area contributed by atoms with E-state index in [0.29, 0.717) is 32.9 Å². The van der Waals surface area contributed by atoms with Crippen molar-refractivity contribution in [1.29, 1.82) is 0 Å². The molecule has 6 heteroatoms. The second-order valence-corrected chi connectivity index (χ2v) is 7.68. The number of benzene rings is 3. The number of fused-ring (bicyclic) bond motifs is 1. The Morgan fingerprint density at radius 3 is 2.23 bits per heavy atom. The van der Waals surface area contributed by atoms with Crippen molar-refractivity contribution >= 4 is 45.7 Å². The van der Waals surface area contributed by atoms with Gasteiger partial charge in [0.2, 0.25) is 5.91 Å². The van der Waals surface area contributed by atoms with Gasteiger partial charge in [-0.05, 0) is 61.0 Å². The number of halogens is 1. The molecule has 2 amide bonds. The third-order valence-electron chi connectivity index (χ3n) is 4.90. The molecule has 0 saturated heterocycles. The van der Waals surface area contributed by atoms with Crippen molar-refractivity contribution in [2.45, 2.75) is 13.8 Å². The summed E-state index contributed by atoms with van der Waals surface area (Å²) in [6.07, 6.45) is 0. The van der Waals surface area contributed by atoms with Gasteiger partial charge in [0.15, 0.2) is 0 Å². The van der Waals surface area contributed by atoms with Crippen molar-refractivity contribution in [2.75, 3.05) is 10.6 Å². The number of aryl methyl sites for hydroxylation is 1. The molecule has 0 radical (unpaired) electrons. The summed E-state index contributed by atoms with van der Waals surface area (Å²) in [5.41, 5.74) is 5.21. The highest BCUT2D eigenvalue weighted by atomic mass is 35.5. The van der Waals surface area contributed by atoms with Crippen LogP contribution < -0.4 is 10.6 Å². The molecule has 5 nitrogen and oxygen atoms in total. The molecule has 3 aromatic carbocycles. The van der Waals surface area contributed by atoms with E-state index in [9.17, 15) is 9.59 Å². The molecule has 0 atom stereocenters. The van der Waals surface area contributed by atoms with E-state index in [1.807, 2.05) is 37.3 Å². The predicted molar refractivity (Wildman–Crippen MR) is 126 cm³/mol. The van der Waals surface area contributed by atoms with Crippen molar-refractivity contribution in [3.63, 3.8) is 0 Å². The van der Waals surface area contributed by atoms with Crippen LogP contribution in [-0.4, -0.2) is 16.8 Å². The summed E-state index contributed by atoms with van der Waals surface area (Å²) < 4.78 is 0. The van der Waals surface area contributed by atoms with E-state index in [0.717, 1.165) is 16.8 Å². The number of anilines is 2. The maximum Gasteiger partial charge on any atom is 0.256 e. The van der Waals surface area contributed by atoms with Crippen LogP contribution in [0.15, 0.2) is 72.8 Å². The highest BCUT2D eigenvalue weighted by Crippen LogP contribution is 2.29. The number of amides is 2. The molecule has 0 aliphatic rings. The summed E-state index contributed by atoms with van der Waals surface area (Å²) in [6, 6.07) is 22.0. The van der Waals surface area contributed by atoms with E-state index in [-0.39, 0.29) is 11.8 Å². The Hall–Kier alpha value is -3.70. The van der Waals surface area contributed by atoms with Gasteiger partial charge in [-0.25, -0.2) is 4.98 Å². The highest BCUT2D eigenvalue weighted by molar-refractivity contribution is 6.31. The van der Waals surface area contributed by atoms with Gasteiger partial charge in [0, 0.05) is 34.3 Å². The number of nitrogens with one attached hydrogen (secondary N) is 2. The van der Waals surface area contributed by atoms with Crippen molar-refractivity contribution in [3.05, 3.63) is 88.9 Å². The molecule has 4 rings (SSSR count). The van der Waals surface area contributed by atoms with Crippen molar-refractivity contribution in [3.8, 4) is 11.3 Å². The van der Waals surface area contributed by atoms with Gasteiger partial charge in [-0.3, -0.25) is 9.59 Å². The van der Waals surface area contributed by atoms with Crippen LogP contribution >= 0.6 is 11.6 Å². The third kappa shape index (κ3) is 4.57. The van der Waals surface area contributed by atoms with Gasteiger partial charge in [-0.15, -0.1) is 0 Å². The van der Waals surface area contributed by atoms with E-state index in [4.69, 9.17) is 16.6 Å². The van der Waals surface area contributed by atoms with Gasteiger partial charge in [0.1, 0.15) is 0 Å². The lowest BCUT2D eigenvalue weighted by molar-refractivity contribution is -0.114. The minimum absolute atomic E-state index is 0.152. The van der Waals surface area contributed by atoms with Crippen LogP contribution in [0, 0.1) is 6.92 Å². The maximum absolute atomic E-state index is 13.2. The summed E-state index contributed by atoms with van der Waals surface area (Å²) in [4.78, 5) is 29.2. The second-order valence-electron chi connectivity index (χ2n) is 7.24. The average molecular weight is 430 g/mol. The lowest BCUT2D eigenvalue weighted by Gasteiger charge is -2.12. The smallest absolute Gasteiger partial charge is 0.256 e. The maximum atomic E-state index is 13.2. The molecule has 0 aliphatic carbocycles. The van der Waals surface area contributed by atoms with Crippen LogP contribution in [0.25, 0.3) is 22.2 Å². The molecular formula is C25H20ClN3O2. The first kappa shape index (κ1) is 20.6. The predicted octanol–water partition coefficient (Wildman–Crippen LogP) is 6.07. The fraction of sp³-hybridized carbons (Fsp3) is 0.0800. The van der Waals surface area contributed by atoms with Crippen molar-refractivity contribution in [2.24, 2.45) is 0 Å². The number of rotatable bonds is 4. The minimum Gasteiger partial charge on any atom is -0.326 e. The van der Waals surface area contributed by atoms with E-state index in [1.54, 1.807) is 42.5 Å². The number of hydrogen-bond acceptors (Lipinski definition) is 3. The molecule has 154 valence electrons. The Labute approximate surface area is 185 Å². The fourth-order valence-corrected chi connectivity index (χ4v) is 3.59. The van der Waals surface area contributed by atoms with Gasteiger partial charge in [-0.1, -0.05) is 35.9 Å². The fourth-order valence-electron chi connectivity index (χ4n) is 3.42. The first-order valence-corrected chi connectivity index (χ1v) is 10.1. The van der Waals surface area contributed by atoms with Gasteiger partial charge in [0.25, 0.3) is 5.91 Å².